The number of rotatable bonds is 7. The van der Waals surface area contributed by atoms with Gasteiger partial charge in [0.05, 0.1) is 17.0 Å². The van der Waals surface area contributed by atoms with Gasteiger partial charge in [-0.05, 0) is 37.3 Å². The van der Waals surface area contributed by atoms with Crippen LogP contribution in [0, 0.1) is 0 Å². The Morgan fingerprint density at radius 3 is 2.48 bits per heavy atom. The van der Waals surface area contributed by atoms with Crippen LogP contribution in [0.25, 0.3) is 16.6 Å². The fourth-order valence-electron chi connectivity index (χ4n) is 3.69. The van der Waals surface area contributed by atoms with E-state index < -0.39 is 9.84 Å². The minimum absolute atomic E-state index is 0.141. The zero-order valence-corrected chi connectivity index (χ0v) is 18.7. The summed E-state index contributed by atoms with van der Waals surface area (Å²) >= 11 is 0. The van der Waals surface area contributed by atoms with Crippen molar-refractivity contribution in [1.29, 1.82) is 0 Å². The summed E-state index contributed by atoms with van der Waals surface area (Å²) < 4.78 is 33.7. The maximum Gasteiger partial charge on any atom is 0.229 e. The predicted molar refractivity (Wildman–Crippen MR) is 125 cm³/mol. The molecule has 8 nitrogen and oxygen atoms in total. The third kappa shape index (κ3) is 3.76. The van der Waals surface area contributed by atoms with Gasteiger partial charge >= 0.3 is 0 Å². The van der Waals surface area contributed by atoms with Crippen LogP contribution in [-0.4, -0.2) is 34.8 Å². The fraction of sp³-hybridized carbons (Fsp3) is 0.125. The van der Waals surface area contributed by atoms with Crippen LogP contribution >= 0.6 is 0 Å². The van der Waals surface area contributed by atoms with Gasteiger partial charge < -0.3 is 10.1 Å². The lowest BCUT2D eigenvalue weighted by Crippen LogP contribution is -2.08. The lowest BCUT2D eigenvalue weighted by molar-refractivity contribution is 0.337. The molecule has 1 N–H and O–H groups in total. The Morgan fingerprint density at radius 2 is 1.67 bits per heavy atom. The van der Waals surface area contributed by atoms with Gasteiger partial charge in [0.15, 0.2) is 5.65 Å². The number of ether oxygens (including phenoxy) is 1. The summed E-state index contributed by atoms with van der Waals surface area (Å²) in [6.45, 7) is 2.95. The molecule has 5 rings (SSSR count). The topological polar surface area (TPSA) is 98.5 Å². The Kier molecular flexibility index (Phi) is 5.39. The minimum atomic E-state index is -3.89. The first-order valence-electron chi connectivity index (χ1n) is 10.5. The molecule has 3 aromatic carbocycles. The van der Waals surface area contributed by atoms with Gasteiger partial charge in [-0.15, -0.1) is 5.10 Å². The molecule has 0 radical (unpaired) electrons. The minimum Gasteiger partial charge on any atom is -0.494 e. The van der Waals surface area contributed by atoms with E-state index in [9.17, 15) is 8.42 Å². The molecule has 0 atom stereocenters. The number of anilines is 1. The Balaban J connectivity index is 1.63. The summed E-state index contributed by atoms with van der Waals surface area (Å²) in [6, 6.07) is 23.5. The van der Waals surface area contributed by atoms with Crippen molar-refractivity contribution in [3.05, 3.63) is 84.4 Å². The van der Waals surface area contributed by atoms with Crippen LogP contribution in [0.15, 0.2) is 88.8 Å². The summed E-state index contributed by atoms with van der Waals surface area (Å²) in [6.07, 6.45) is 0. The largest absolute Gasteiger partial charge is 0.494 e. The second-order valence-electron chi connectivity index (χ2n) is 7.32. The van der Waals surface area contributed by atoms with E-state index in [1.54, 1.807) is 18.2 Å². The quantitative estimate of drug-likeness (QED) is 0.391. The van der Waals surface area contributed by atoms with E-state index in [1.807, 2.05) is 55.5 Å². The van der Waals surface area contributed by atoms with Gasteiger partial charge in [-0.1, -0.05) is 53.7 Å². The monoisotopic (exact) mass is 459 g/mol. The Morgan fingerprint density at radius 1 is 0.939 bits per heavy atom. The SMILES string of the molecule is CCOc1ccccc1CNc1nc2c(S(=O)(=O)c3ccccc3)nnn2c2ccccc12. The average molecular weight is 460 g/mol. The molecule has 0 amide bonds. The number of nitrogens with one attached hydrogen (secondary N) is 1. The maximum absolute atomic E-state index is 13.3. The molecule has 0 spiro atoms. The van der Waals surface area contributed by atoms with E-state index in [1.165, 1.54) is 16.6 Å². The number of hydrogen-bond acceptors (Lipinski definition) is 7. The van der Waals surface area contributed by atoms with Crippen LogP contribution in [0.1, 0.15) is 12.5 Å². The summed E-state index contributed by atoms with van der Waals surface area (Å²) in [5, 5.41) is 12.1. The lowest BCUT2D eigenvalue weighted by Gasteiger charge is -2.13. The molecular weight excluding hydrogens is 438 g/mol. The maximum atomic E-state index is 13.3. The van der Waals surface area contributed by atoms with E-state index in [4.69, 9.17) is 4.74 Å². The van der Waals surface area contributed by atoms with Crippen molar-refractivity contribution in [2.24, 2.45) is 0 Å². The molecule has 33 heavy (non-hydrogen) atoms. The summed E-state index contributed by atoms with van der Waals surface area (Å²) in [7, 11) is -3.89. The summed E-state index contributed by atoms with van der Waals surface area (Å²) in [4.78, 5) is 4.79. The number of benzene rings is 3. The zero-order chi connectivity index (χ0) is 22.8. The zero-order valence-electron chi connectivity index (χ0n) is 17.8. The van der Waals surface area contributed by atoms with Crippen LogP contribution in [0.5, 0.6) is 5.75 Å². The van der Waals surface area contributed by atoms with Crippen molar-refractivity contribution in [2.75, 3.05) is 11.9 Å². The molecule has 9 heteroatoms. The molecule has 166 valence electrons. The highest BCUT2D eigenvalue weighted by molar-refractivity contribution is 7.91. The van der Waals surface area contributed by atoms with E-state index in [0.29, 0.717) is 24.5 Å². The number of hydrogen-bond donors (Lipinski definition) is 1. The van der Waals surface area contributed by atoms with Gasteiger partial charge in [0.1, 0.15) is 11.6 Å². The van der Waals surface area contributed by atoms with Crippen LogP contribution in [0.3, 0.4) is 0 Å². The van der Waals surface area contributed by atoms with Gasteiger partial charge in [0, 0.05) is 17.5 Å². The Labute approximate surface area is 190 Å². The molecule has 0 aliphatic carbocycles. The Hall–Kier alpha value is -3.98. The third-order valence-electron chi connectivity index (χ3n) is 5.25. The van der Waals surface area contributed by atoms with Crippen molar-refractivity contribution in [3.8, 4) is 5.75 Å². The average Bonchev–Trinajstić information content (AvgIpc) is 3.29. The van der Waals surface area contributed by atoms with Crippen LogP contribution in [0.2, 0.25) is 0 Å². The molecule has 0 bridgehead atoms. The van der Waals surface area contributed by atoms with Crippen LogP contribution < -0.4 is 10.1 Å². The van der Waals surface area contributed by atoms with Crippen molar-refractivity contribution in [3.63, 3.8) is 0 Å². The highest BCUT2D eigenvalue weighted by atomic mass is 32.2. The van der Waals surface area contributed by atoms with Crippen molar-refractivity contribution in [1.82, 2.24) is 19.8 Å². The van der Waals surface area contributed by atoms with E-state index in [-0.39, 0.29) is 15.6 Å². The van der Waals surface area contributed by atoms with Gasteiger partial charge in [-0.2, -0.15) is 4.52 Å². The number of aromatic nitrogens is 4. The highest BCUT2D eigenvalue weighted by Crippen LogP contribution is 2.28. The molecule has 2 aromatic heterocycles. The van der Waals surface area contributed by atoms with Gasteiger partial charge in [0.2, 0.25) is 14.9 Å². The first kappa shape index (κ1) is 20.9. The standard InChI is InChI=1S/C24H21N5O3S/c1-2-32-21-15-9-6-10-17(21)16-25-22-19-13-7-8-14-20(19)29-23(26-22)24(27-28-29)33(30,31)18-11-4-3-5-12-18/h3-15H,2,16H2,1H3,(H,25,26). The van der Waals surface area contributed by atoms with Gasteiger partial charge in [-0.3, -0.25) is 0 Å². The first-order chi connectivity index (χ1) is 16.1. The molecule has 0 unspecified atom stereocenters. The summed E-state index contributed by atoms with van der Waals surface area (Å²) in [5.41, 5.74) is 1.83. The van der Waals surface area contributed by atoms with Crippen molar-refractivity contribution < 1.29 is 13.2 Å². The number of fused-ring (bicyclic) bond motifs is 3. The third-order valence-corrected chi connectivity index (χ3v) is 6.91. The molecule has 0 aliphatic heterocycles. The Bertz CT molecular complexity index is 1550. The fourth-order valence-corrected chi connectivity index (χ4v) is 4.95. The van der Waals surface area contributed by atoms with E-state index in [0.717, 1.165) is 16.7 Å². The second-order valence-corrected chi connectivity index (χ2v) is 9.18. The van der Waals surface area contributed by atoms with Gasteiger partial charge in [-0.25, -0.2) is 13.4 Å². The molecule has 0 saturated carbocycles. The number of nitrogens with zero attached hydrogens (tertiary/aromatic N) is 4. The van der Waals surface area contributed by atoms with Crippen molar-refractivity contribution >= 4 is 32.2 Å². The number of para-hydroxylation sites is 2. The van der Waals surface area contributed by atoms with Crippen LogP contribution in [0.4, 0.5) is 5.82 Å². The van der Waals surface area contributed by atoms with Gasteiger partial charge in [0.25, 0.3) is 0 Å². The highest BCUT2D eigenvalue weighted by Gasteiger charge is 2.27. The van der Waals surface area contributed by atoms with E-state index >= 15 is 0 Å². The number of sulfone groups is 1. The predicted octanol–water partition coefficient (Wildman–Crippen LogP) is 4.12. The molecule has 0 aliphatic rings. The summed E-state index contributed by atoms with van der Waals surface area (Å²) in [5.74, 6) is 1.33. The van der Waals surface area contributed by atoms with Crippen molar-refractivity contribution in [2.45, 2.75) is 23.4 Å². The smallest absolute Gasteiger partial charge is 0.229 e. The normalized spacial score (nSPS) is 11.7. The lowest BCUT2D eigenvalue weighted by atomic mass is 10.2. The van der Waals surface area contributed by atoms with Crippen LogP contribution in [-0.2, 0) is 16.4 Å². The van der Waals surface area contributed by atoms with E-state index in [2.05, 4.69) is 20.6 Å². The molecular formula is C24H21N5O3S. The first-order valence-corrected chi connectivity index (χ1v) is 12.0. The second kappa shape index (κ2) is 8.51. The molecule has 0 fully saturated rings. The molecule has 2 heterocycles. The molecule has 5 aromatic rings. The molecule has 0 saturated heterocycles.